The monoisotopic (exact) mass is 279 g/mol. The smallest absolute Gasteiger partial charge is 0.339 e. The van der Waals surface area contributed by atoms with E-state index in [2.05, 4.69) is 0 Å². The van der Waals surface area contributed by atoms with Crippen molar-refractivity contribution in [1.29, 1.82) is 0 Å². The molecule has 0 saturated heterocycles. The molecule has 2 aromatic rings. The van der Waals surface area contributed by atoms with Gasteiger partial charge in [-0.2, -0.15) is 0 Å². The third-order valence-corrected chi connectivity index (χ3v) is 2.84. The number of rotatable bonds is 3. The van der Waals surface area contributed by atoms with Crippen LogP contribution in [0.5, 0.6) is 0 Å². The summed E-state index contributed by atoms with van der Waals surface area (Å²) >= 11 is 5.88. The van der Waals surface area contributed by atoms with Gasteiger partial charge in [0.2, 0.25) is 0 Å². The van der Waals surface area contributed by atoms with Crippen LogP contribution in [0.2, 0.25) is 5.02 Å². The van der Waals surface area contributed by atoms with Crippen LogP contribution in [0, 0.1) is 5.82 Å². The van der Waals surface area contributed by atoms with E-state index in [4.69, 9.17) is 22.1 Å². The number of carbonyl (C=O) groups is 1. The lowest BCUT2D eigenvalue weighted by atomic mass is 10.2. The Balaban J connectivity index is 2.08. The molecule has 2 aromatic carbocycles. The summed E-state index contributed by atoms with van der Waals surface area (Å²) in [5, 5.41) is 0.207. The van der Waals surface area contributed by atoms with Crippen molar-refractivity contribution in [3.8, 4) is 0 Å². The third-order valence-electron chi connectivity index (χ3n) is 2.53. The van der Waals surface area contributed by atoms with Gasteiger partial charge in [-0.1, -0.05) is 29.8 Å². The van der Waals surface area contributed by atoms with E-state index < -0.39 is 11.8 Å². The van der Waals surface area contributed by atoms with E-state index in [1.165, 1.54) is 18.2 Å². The van der Waals surface area contributed by atoms with Crippen molar-refractivity contribution < 1.29 is 13.9 Å². The first-order valence-corrected chi connectivity index (χ1v) is 5.91. The number of benzene rings is 2. The summed E-state index contributed by atoms with van der Waals surface area (Å²) < 4.78 is 18.4. The summed E-state index contributed by atoms with van der Waals surface area (Å²) in [5.74, 6) is -1.04. The van der Waals surface area contributed by atoms with E-state index in [9.17, 15) is 9.18 Å². The Kier molecular flexibility index (Phi) is 4.02. The number of nitrogen functional groups attached to an aromatic ring is 1. The van der Waals surface area contributed by atoms with Gasteiger partial charge >= 0.3 is 5.97 Å². The lowest BCUT2D eigenvalue weighted by Crippen LogP contribution is -2.07. The molecule has 0 aliphatic rings. The van der Waals surface area contributed by atoms with Crippen molar-refractivity contribution in [2.75, 3.05) is 5.73 Å². The van der Waals surface area contributed by atoms with E-state index in [0.717, 1.165) is 0 Å². The van der Waals surface area contributed by atoms with Crippen LogP contribution in [-0.2, 0) is 11.3 Å². The summed E-state index contributed by atoms with van der Waals surface area (Å²) in [4.78, 5) is 11.8. The molecule has 0 atom stereocenters. The summed E-state index contributed by atoms with van der Waals surface area (Å²) in [6.45, 7) is -0.147. The van der Waals surface area contributed by atoms with Crippen molar-refractivity contribution in [2.45, 2.75) is 6.61 Å². The van der Waals surface area contributed by atoms with Crippen LogP contribution in [0.4, 0.5) is 10.1 Å². The molecule has 2 rings (SSSR count). The highest BCUT2D eigenvalue weighted by atomic mass is 35.5. The lowest BCUT2D eigenvalue weighted by Gasteiger charge is -2.07. The van der Waals surface area contributed by atoms with Gasteiger partial charge in [-0.3, -0.25) is 0 Å². The zero-order valence-electron chi connectivity index (χ0n) is 9.90. The van der Waals surface area contributed by atoms with Gasteiger partial charge in [0.25, 0.3) is 0 Å². The first-order chi connectivity index (χ1) is 9.08. The van der Waals surface area contributed by atoms with Crippen molar-refractivity contribution >= 4 is 23.3 Å². The molecule has 19 heavy (non-hydrogen) atoms. The van der Waals surface area contributed by atoms with E-state index in [-0.39, 0.29) is 17.2 Å². The molecule has 0 aliphatic carbocycles. The highest BCUT2D eigenvalue weighted by molar-refractivity contribution is 6.33. The molecule has 0 aromatic heterocycles. The Morgan fingerprint density at radius 3 is 2.68 bits per heavy atom. The van der Waals surface area contributed by atoms with Gasteiger partial charge in [-0.15, -0.1) is 0 Å². The molecule has 0 fully saturated rings. The summed E-state index contributed by atoms with van der Waals surface area (Å²) in [7, 11) is 0. The van der Waals surface area contributed by atoms with E-state index in [0.29, 0.717) is 11.3 Å². The summed E-state index contributed by atoms with van der Waals surface area (Å²) in [6.07, 6.45) is 0. The SMILES string of the molecule is Nc1ccc(C(=O)OCc2ccccc2F)c(Cl)c1. The first-order valence-electron chi connectivity index (χ1n) is 5.53. The summed E-state index contributed by atoms with van der Waals surface area (Å²) in [5.41, 5.74) is 6.49. The molecule has 0 amide bonds. The second-order valence-electron chi connectivity index (χ2n) is 3.91. The molecular formula is C14H11ClFNO2. The number of hydrogen-bond donors (Lipinski definition) is 1. The molecule has 5 heteroatoms. The van der Waals surface area contributed by atoms with E-state index in [1.54, 1.807) is 24.3 Å². The number of nitrogens with two attached hydrogens (primary N) is 1. The first kappa shape index (κ1) is 13.4. The lowest BCUT2D eigenvalue weighted by molar-refractivity contribution is 0.0469. The molecule has 3 nitrogen and oxygen atoms in total. The maximum atomic E-state index is 13.3. The van der Waals surface area contributed by atoms with Crippen LogP contribution < -0.4 is 5.73 Å². The van der Waals surface area contributed by atoms with Crippen LogP contribution in [-0.4, -0.2) is 5.97 Å². The molecule has 98 valence electrons. The average Bonchev–Trinajstić information content (AvgIpc) is 2.37. The highest BCUT2D eigenvalue weighted by Crippen LogP contribution is 2.20. The predicted molar refractivity (Wildman–Crippen MR) is 71.4 cm³/mol. The fraction of sp³-hybridized carbons (Fsp3) is 0.0714. The molecule has 0 radical (unpaired) electrons. The van der Waals surface area contributed by atoms with Gasteiger partial charge in [-0.25, -0.2) is 9.18 Å². The molecular weight excluding hydrogens is 269 g/mol. The van der Waals surface area contributed by atoms with Crippen LogP contribution in [0.3, 0.4) is 0 Å². The standard InChI is InChI=1S/C14H11ClFNO2/c15-12-7-10(17)5-6-11(12)14(18)19-8-9-3-1-2-4-13(9)16/h1-7H,8,17H2. The zero-order chi connectivity index (χ0) is 13.8. The highest BCUT2D eigenvalue weighted by Gasteiger charge is 2.13. The van der Waals surface area contributed by atoms with Crippen molar-refractivity contribution in [3.05, 3.63) is 64.4 Å². The van der Waals surface area contributed by atoms with Crippen LogP contribution in [0.1, 0.15) is 15.9 Å². The molecule has 0 saturated carbocycles. The minimum atomic E-state index is -0.617. The molecule has 0 aliphatic heterocycles. The number of carbonyl (C=O) groups excluding carboxylic acids is 1. The minimum absolute atomic E-state index is 0.147. The molecule has 0 bridgehead atoms. The number of anilines is 1. The molecule has 0 spiro atoms. The Morgan fingerprint density at radius 1 is 1.26 bits per heavy atom. The fourth-order valence-corrected chi connectivity index (χ4v) is 1.80. The molecule has 2 N–H and O–H groups in total. The van der Waals surface area contributed by atoms with Crippen LogP contribution in [0.15, 0.2) is 42.5 Å². The summed E-state index contributed by atoms with van der Waals surface area (Å²) in [6, 6.07) is 10.6. The largest absolute Gasteiger partial charge is 0.457 e. The van der Waals surface area contributed by atoms with Gasteiger partial charge in [0.1, 0.15) is 12.4 Å². The quantitative estimate of drug-likeness (QED) is 0.692. The molecule has 0 heterocycles. The van der Waals surface area contributed by atoms with Gasteiger partial charge in [0, 0.05) is 11.3 Å². The van der Waals surface area contributed by atoms with Crippen molar-refractivity contribution in [3.63, 3.8) is 0 Å². The topological polar surface area (TPSA) is 52.3 Å². The van der Waals surface area contributed by atoms with Crippen molar-refractivity contribution in [2.24, 2.45) is 0 Å². The average molecular weight is 280 g/mol. The fourth-order valence-electron chi connectivity index (χ4n) is 1.53. The van der Waals surface area contributed by atoms with Gasteiger partial charge in [0.05, 0.1) is 10.6 Å². The number of hydrogen-bond acceptors (Lipinski definition) is 3. The third kappa shape index (κ3) is 3.23. The number of halogens is 2. The number of ether oxygens (including phenoxy) is 1. The van der Waals surface area contributed by atoms with E-state index >= 15 is 0 Å². The van der Waals surface area contributed by atoms with Crippen LogP contribution >= 0.6 is 11.6 Å². The Bertz CT molecular complexity index is 616. The second-order valence-corrected chi connectivity index (χ2v) is 4.31. The number of esters is 1. The second kappa shape index (κ2) is 5.71. The maximum absolute atomic E-state index is 13.3. The Morgan fingerprint density at radius 2 is 2.00 bits per heavy atom. The Labute approximate surface area is 114 Å². The Hall–Kier alpha value is -2.07. The maximum Gasteiger partial charge on any atom is 0.339 e. The predicted octanol–water partition coefficient (Wildman–Crippen LogP) is 3.42. The van der Waals surface area contributed by atoms with Gasteiger partial charge in [0.15, 0.2) is 0 Å². The van der Waals surface area contributed by atoms with Crippen LogP contribution in [0.25, 0.3) is 0 Å². The minimum Gasteiger partial charge on any atom is -0.457 e. The zero-order valence-corrected chi connectivity index (χ0v) is 10.7. The van der Waals surface area contributed by atoms with E-state index in [1.807, 2.05) is 0 Å². The van der Waals surface area contributed by atoms with Gasteiger partial charge in [-0.05, 0) is 24.3 Å². The van der Waals surface area contributed by atoms with Gasteiger partial charge < -0.3 is 10.5 Å². The molecule has 0 unspecified atom stereocenters. The normalized spacial score (nSPS) is 10.2. The van der Waals surface area contributed by atoms with Crippen molar-refractivity contribution in [1.82, 2.24) is 0 Å².